The smallest absolute Gasteiger partial charge is 0.302 e. The molecule has 0 aliphatic heterocycles. The van der Waals surface area contributed by atoms with Gasteiger partial charge in [0.1, 0.15) is 5.75 Å². The van der Waals surface area contributed by atoms with Crippen LogP contribution in [-0.4, -0.2) is 9.55 Å². The Morgan fingerprint density at radius 1 is 1.29 bits per heavy atom. The summed E-state index contributed by atoms with van der Waals surface area (Å²) in [5.41, 5.74) is 1.07. The van der Waals surface area contributed by atoms with Crippen LogP contribution in [0.25, 0.3) is 0 Å². The van der Waals surface area contributed by atoms with Crippen LogP contribution in [0.4, 0.5) is 0 Å². The molecule has 0 amide bonds. The molecule has 0 spiro atoms. The predicted molar refractivity (Wildman–Crippen MR) is 68.9 cm³/mol. The Hall–Kier alpha value is -1.48. The first-order chi connectivity index (χ1) is 8.09. The molecule has 0 atom stereocenters. The fraction of sp³-hybridized carbons (Fsp3) is 0.308. The second kappa shape index (κ2) is 4.80. The van der Waals surface area contributed by atoms with E-state index in [0.29, 0.717) is 22.8 Å². The van der Waals surface area contributed by atoms with Gasteiger partial charge in [-0.3, -0.25) is 4.57 Å². The quantitative estimate of drug-likeness (QED) is 0.816. The third-order valence-corrected chi connectivity index (χ3v) is 2.81. The van der Waals surface area contributed by atoms with Crippen LogP contribution in [0.2, 0.25) is 5.02 Å². The molecule has 1 aromatic heterocycles. The zero-order chi connectivity index (χ0) is 12.4. The molecule has 17 heavy (non-hydrogen) atoms. The summed E-state index contributed by atoms with van der Waals surface area (Å²) in [6.45, 7) is 6.19. The van der Waals surface area contributed by atoms with Gasteiger partial charge in [0, 0.05) is 11.7 Å². The molecule has 0 saturated heterocycles. The second-order valence-corrected chi connectivity index (χ2v) is 4.59. The molecule has 0 aliphatic rings. The van der Waals surface area contributed by atoms with Crippen LogP contribution >= 0.6 is 11.6 Å². The van der Waals surface area contributed by atoms with Gasteiger partial charge in [0.25, 0.3) is 0 Å². The molecule has 0 fully saturated rings. The van der Waals surface area contributed by atoms with Crippen molar-refractivity contribution in [2.75, 3.05) is 0 Å². The number of aryl methyl sites for hydroxylation is 1. The maximum absolute atomic E-state index is 6.05. The van der Waals surface area contributed by atoms with Crippen LogP contribution in [-0.2, 0) is 0 Å². The van der Waals surface area contributed by atoms with E-state index in [-0.39, 0.29) is 0 Å². The topological polar surface area (TPSA) is 27.1 Å². The Labute approximate surface area is 106 Å². The molecule has 90 valence electrons. The van der Waals surface area contributed by atoms with E-state index in [1.54, 1.807) is 12.3 Å². The highest BCUT2D eigenvalue weighted by Gasteiger charge is 2.13. The number of para-hydroxylation sites is 1. The van der Waals surface area contributed by atoms with Crippen molar-refractivity contribution >= 4 is 11.6 Å². The number of rotatable bonds is 3. The van der Waals surface area contributed by atoms with Gasteiger partial charge in [0.15, 0.2) is 0 Å². The monoisotopic (exact) mass is 250 g/mol. The van der Waals surface area contributed by atoms with E-state index in [0.717, 1.165) is 5.69 Å². The number of aromatic nitrogens is 2. The van der Waals surface area contributed by atoms with E-state index < -0.39 is 0 Å². The van der Waals surface area contributed by atoms with Gasteiger partial charge in [-0.15, -0.1) is 0 Å². The summed E-state index contributed by atoms with van der Waals surface area (Å²) in [4.78, 5) is 4.26. The Balaban J connectivity index is 2.34. The van der Waals surface area contributed by atoms with E-state index >= 15 is 0 Å². The van der Waals surface area contributed by atoms with E-state index in [1.165, 1.54) is 0 Å². The van der Waals surface area contributed by atoms with E-state index in [2.05, 4.69) is 18.8 Å². The van der Waals surface area contributed by atoms with Crippen molar-refractivity contribution in [2.45, 2.75) is 26.8 Å². The number of benzene rings is 1. The first-order valence-electron chi connectivity index (χ1n) is 5.56. The van der Waals surface area contributed by atoms with Crippen molar-refractivity contribution in [3.63, 3.8) is 0 Å². The fourth-order valence-electron chi connectivity index (χ4n) is 1.75. The summed E-state index contributed by atoms with van der Waals surface area (Å²) >= 11 is 6.05. The highest BCUT2D eigenvalue weighted by molar-refractivity contribution is 6.32. The Bertz CT molecular complexity index is 520. The number of imidazole rings is 1. The van der Waals surface area contributed by atoms with Gasteiger partial charge in [0.2, 0.25) is 0 Å². The minimum absolute atomic E-state index is 0.301. The molecule has 0 saturated carbocycles. The zero-order valence-corrected chi connectivity index (χ0v) is 10.9. The average molecular weight is 251 g/mol. The number of hydrogen-bond acceptors (Lipinski definition) is 2. The Kier molecular flexibility index (Phi) is 3.38. The first-order valence-corrected chi connectivity index (χ1v) is 5.93. The summed E-state index contributed by atoms with van der Waals surface area (Å²) in [6, 6.07) is 8.26. The summed E-state index contributed by atoms with van der Waals surface area (Å²) < 4.78 is 7.77. The number of halogens is 1. The molecule has 0 unspecified atom stereocenters. The van der Waals surface area contributed by atoms with Crippen LogP contribution in [0, 0.1) is 6.92 Å². The van der Waals surface area contributed by atoms with Crippen LogP contribution in [0.3, 0.4) is 0 Å². The molecule has 3 nitrogen and oxygen atoms in total. The maximum atomic E-state index is 6.05. The van der Waals surface area contributed by atoms with Crippen LogP contribution < -0.4 is 4.74 Å². The third kappa shape index (κ3) is 2.44. The van der Waals surface area contributed by atoms with Crippen LogP contribution in [0.15, 0.2) is 30.5 Å². The van der Waals surface area contributed by atoms with Crippen molar-refractivity contribution in [1.29, 1.82) is 0 Å². The van der Waals surface area contributed by atoms with Crippen molar-refractivity contribution < 1.29 is 4.74 Å². The molecule has 2 aromatic rings. The molecule has 1 aromatic carbocycles. The van der Waals surface area contributed by atoms with E-state index in [9.17, 15) is 0 Å². The third-order valence-electron chi connectivity index (χ3n) is 2.50. The van der Waals surface area contributed by atoms with Gasteiger partial charge in [-0.25, -0.2) is 4.98 Å². The van der Waals surface area contributed by atoms with Gasteiger partial charge in [-0.2, -0.15) is 0 Å². The summed E-state index contributed by atoms with van der Waals surface area (Å²) in [7, 11) is 0. The van der Waals surface area contributed by atoms with E-state index in [1.807, 2.05) is 29.7 Å². The van der Waals surface area contributed by atoms with Crippen LogP contribution in [0.5, 0.6) is 11.8 Å². The normalized spacial score (nSPS) is 10.9. The lowest BCUT2D eigenvalue weighted by atomic mass is 10.3. The van der Waals surface area contributed by atoms with Gasteiger partial charge in [-0.05, 0) is 32.9 Å². The van der Waals surface area contributed by atoms with Crippen molar-refractivity contribution in [3.8, 4) is 11.8 Å². The molecule has 1 heterocycles. The standard InChI is InChI=1S/C13H15ClN2O/c1-9(2)16-10(3)8-15-13(16)17-12-7-5-4-6-11(12)14/h4-9H,1-3H3. The largest absolute Gasteiger partial charge is 0.424 e. The number of nitrogens with zero attached hydrogens (tertiary/aromatic N) is 2. The fourth-order valence-corrected chi connectivity index (χ4v) is 1.93. The second-order valence-electron chi connectivity index (χ2n) is 4.18. The van der Waals surface area contributed by atoms with Gasteiger partial charge in [0.05, 0.1) is 11.2 Å². The Morgan fingerprint density at radius 3 is 2.65 bits per heavy atom. The van der Waals surface area contributed by atoms with Crippen molar-refractivity contribution in [3.05, 3.63) is 41.2 Å². The maximum Gasteiger partial charge on any atom is 0.302 e. The lowest BCUT2D eigenvalue weighted by Gasteiger charge is -2.14. The highest BCUT2D eigenvalue weighted by Crippen LogP contribution is 2.29. The molecule has 4 heteroatoms. The molecule has 0 bridgehead atoms. The molecule has 0 N–H and O–H groups in total. The molecule has 0 radical (unpaired) electrons. The zero-order valence-electron chi connectivity index (χ0n) is 10.1. The molecule has 0 aliphatic carbocycles. The van der Waals surface area contributed by atoms with Gasteiger partial charge in [-0.1, -0.05) is 23.7 Å². The molecular formula is C13H15ClN2O. The number of ether oxygens (including phenoxy) is 1. The van der Waals surface area contributed by atoms with Crippen LogP contribution in [0.1, 0.15) is 25.6 Å². The predicted octanol–water partition coefficient (Wildman–Crippen LogP) is 4.22. The first kappa shape index (κ1) is 12.0. The Morgan fingerprint density at radius 2 is 2.00 bits per heavy atom. The lowest BCUT2D eigenvalue weighted by Crippen LogP contribution is -2.05. The van der Waals surface area contributed by atoms with Gasteiger partial charge >= 0.3 is 6.01 Å². The molecular weight excluding hydrogens is 236 g/mol. The number of hydrogen-bond donors (Lipinski definition) is 0. The van der Waals surface area contributed by atoms with E-state index in [4.69, 9.17) is 16.3 Å². The van der Waals surface area contributed by atoms with Gasteiger partial charge < -0.3 is 4.74 Å². The molecule has 2 rings (SSSR count). The summed E-state index contributed by atoms with van der Waals surface area (Å²) in [5.74, 6) is 0.627. The SMILES string of the molecule is Cc1cnc(Oc2ccccc2Cl)n1C(C)C. The summed E-state index contributed by atoms with van der Waals surface area (Å²) in [5, 5.41) is 0.587. The summed E-state index contributed by atoms with van der Waals surface area (Å²) in [6.07, 6.45) is 1.80. The highest BCUT2D eigenvalue weighted by atomic mass is 35.5. The van der Waals surface area contributed by atoms with Crippen molar-refractivity contribution in [2.24, 2.45) is 0 Å². The minimum atomic E-state index is 0.301. The minimum Gasteiger partial charge on any atom is -0.424 e. The lowest BCUT2D eigenvalue weighted by molar-refractivity contribution is 0.393. The van der Waals surface area contributed by atoms with Crippen molar-refractivity contribution in [1.82, 2.24) is 9.55 Å². The average Bonchev–Trinajstić information content (AvgIpc) is 2.63.